The van der Waals surface area contributed by atoms with E-state index in [0.717, 1.165) is 31.6 Å². The van der Waals surface area contributed by atoms with Gasteiger partial charge in [-0.2, -0.15) is 5.10 Å². The van der Waals surface area contributed by atoms with Crippen LogP contribution in [-0.4, -0.2) is 36.0 Å². The first-order chi connectivity index (χ1) is 10.1. The normalized spacial score (nSPS) is 13.0. The third-order valence-electron chi connectivity index (χ3n) is 3.03. The Bertz CT molecular complexity index is 402. The number of aryl methyl sites for hydroxylation is 1. The summed E-state index contributed by atoms with van der Waals surface area (Å²) in [6.45, 7) is 5.49. The van der Waals surface area contributed by atoms with Crippen LogP contribution in [0.5, 0.6) is 0 Å². The van der Waals surface area contributed by atoms with Crippen molar-refractivity contribution in [2.45, 2.75) is 52.1 Å². The Morgan fingerprint density at radius 2 is 2.14 bits per heavy atom. The second-order valence-electron chi connectivity index (χ2n) is 4.86. The van der Waals surface area contributed by atoms with Gasteiger partial charge in [-0.05, 0) is 25.8 Å². The lowest BCUT2D eigenvalue weighted by molar-refractivity contribution is 0.0141. The molecule has 1 heterocycles. The zero-order valence-corrected chi connectivity index (χ0v) is 13.4. The largest absolute Gasteiger partial charge is 0.375 e. The molecular formula is C14H24ClF2N3O. The molecule has 1 atom stereocenters. The van der Waals surface area contributed by atoms with Gasteiger partial charge >= 0.3 is 0 Å². The molecule has 1 unspecified atom stereocenters. The molecule has 0 aliphatic carbocycles. The molecule has 0 saturated carbocycles. The van der Waals surface area contributed by atoms with E-state index in [1.807, 2.05) is 4.68 Å². The van der Waals surface area contributed by atoms with Gasteiger partial charge in [0, 0.05) is 13.2 Å². The van der Waals surface area contributed by atoms with Crippen LogP contribution in [0.15, 0.2) is 6.20 Å². The molecule has 0 aliphatic rings. The standard InChI is InChI=1S/C14H24ClF2N3O/c1-3-6-18-12(5-8-21-10-13(16)17)14-11(15)9-19-20(14)7-4-2/h9,12-13,18H,3-8,10H2,1-2H3. The Balaban J connectivity index is 2.69. The number of alkyl halides is 2. The molecule has 0 aliphatic heterocycles. The maximum Gasteiger partial charge on any atom is 0.261 e. The van der Waals surface area contributed by atoms with Crippen molar-refractivity contribution in [2.24, 2.45) is 0 Å². The molecule has 0 bridgehead atoms. The van der Waals surface area contributed by atoms with E-state index in [2.05, 4.69) is 24.3 Å². The summed E-state index contributed by atoms with van der Waals surface area (Å²) in [4.78, 5) is 0. The van der Waals surface area contributed by atoms with E-state index >= 15 is 0 Å². The number of hydrogen-bond acceptors (Lipinski definition) is 3. The van der Waals surface area contributed by atoms with Gasteiger partial charge in [-0.1, -0.05) is 25.4 Å². The number of halogens is 3. The number of aromatic nitrogens is 2. The molecule has 0 fully saturated rings. The molecular weight excluding hydrogens is 300 g/mol. The highest BCUT2D eigenvalue weighted by Crippen LogP contribution is 2.25. The Labute approximate surface area is 129 Å². The van der Waals surface area contributed by atoms with Crippen molar-refractivity contribution in [1.82, 2.24) is 15.1 Å². The maximum atomic E-state index is 12.1. The fraction of sp³-hybridized carbons (Fsp3) is 0.786. The minimum absolute atomic E-state index is 0.0378. The molecule has 1 aromatic heterocycles. The topological polar surface area (TPSA) is 39.1 Å². The molecule has 1 rings (SSSR count). The maximum absolute atomic E-state index is 12.1. The lowest BCUT2D eigenvalue weighted by Crippen LogP contribution is -2.26. The van der Waals surface area contributed by atoms with Gasteiger partial charge in [0.2, 0.25) is 0 Å². The van der Waals surface area contributed by atoms with E-state index in [-0.39, 0.29) is 12.6 Å². The van der Waals surface area contributed by atoms with Crippen LogP contribution in [0.4, 0.5) is 8.78 Å². The summed E-state index contributed by atoms with van der Waals surface area (Å²) in [7, 11) is 0. The Kier molecular flexibility index (Phi) is 8.80. The van der Waals surface area contributed by atoms with E-state index in [1.54, 1.807) is 6.20 Å². The van der Waals surface area contributed by atoms with Crippen LogP contribution < -0.4 is 5.32 Å². The average Bonchev–Trinajstić information content (AvgIpc) is 2.80. The molecule has 1 aromatic rings. The summed E-state index contributed by atoms with van der Waals surface area (Å²) in [6, 6.07) is -0.0378. The molecule has 4 nitrogen and oxygen atoms in total. The highest BCUT2D eigenvalue weighted by Gasteiger charge is 2.19. The monoisotopic (exact) mass is 323 g/mol. The number of nitrogens with one attached hydrogen (secondary N) is 1. The molecule has 122 valence electrons. The summed E-state index contributed by atoms with van der Waals surface area (Å²) >= 11 is 6.23. The number of nitrogens with zero attached hydrogens (tertiary/aromatic N) is 2. The van der Waals surface area contributed by atoms with Crippen LogP contribution in [-0.2, 0) is 11.3 Å². The van der Waals surface area contributed by atoms with Crippen molar-refractivity contribution in [3.8, 4) is 0 Å². The summed E-state index contributed by atoms with van der Waals surface area (Å²) in [5, 5.41) is 8.26. The van der Waals surface area contributed by atoms with E-state index in [9.17, 15) is 8.78 Å². The number of rotatable bonds is 11. The van der Waals surface area contributed by atoms with Gasteiger partial charge in [0.1, 0.15) is 6.61 Å². The van der Waals surface area contributed by atoms with Gasteiger partial charge < -0.3 is 10.1 Å². The van der Waals surface area contributed by atoms with Crippen LogP contribution >= 0.6 is 11.6 Å². The summed E-state index contributed by atoms with van der Waals surface area (Å²) < 4.78 is 31.0. The summed E-state index contributed by atoms with van der Waals surface area (Å²) in [5.74, 6) is 0. The third kappa shape index (κ3) is 6.28. The molecule has 0 saturated heterocycles. The molecule has 0 aromatic carbocycles. The van der Waals surface area contributed by atoms with Gasteiger partial charge in [-0.3, -0.25) is 4.68 Å². The Morgan fingerprint density at radius 1 is 1.38 bits per heavy atom. The van der Waals surface area contributed by atoms with Gasteiger partial charge in [0.25, 0.3) is 6.43 Å². The number of ether oxygens (including phenoxy) is 1. The van der Waals surface area contributed by atoms with Gasteiger partial charge in [0.05, 0.1) is 23.0 Å². The van der Waals surface area contributed by atoms with Crippen molar-refractivity contribution >= 4 is 11.6 Å². The van der Waals surface area contributed by atoms with Crippen molar-refractivity contribution < 1.29 is 13.5 Å². The fourth-order valence-corrected chi connectivity index (χ4v) is 2.41. The highest BCUT2D eigenvalue weighted by atomic mass is 35.5. The summed E-state index contributed by atoms with van der Waals surface area (Å²) in [6.07, 6.45) is 1.72. The average molecular weight is 324 g/mol. The fourth-order valence-electron chi connectivity index (χ4n) is 2.14. The van der Waals surface area contributed by atoms with Crippen molar-refractivity contribution in [3.63, 3.8) is 0 Å². The molecule has 1 N–H and O–H groups in total. The zero-order chi connectivity index (χ0) is 15.7. The van der Waals surface area contributed by atoms with Crippen LogP contribution in [0, 0.1) is 0 Å². The minimum atomic E-state index is -2.43. The van der Waals surface area contributed by atoms with Crippen molar-refractivity contribution in [3.05, 3.63) is 16.9 Å². The first-order valence-electron chi connectivity index (χ1n) is 7.40. The first-order valence-corrected chi connectivity index (χ1v) is 7.78. The van der Waals surface area contributed by atoms with E-state index in [4.69, 9.17) is 16.3 Å². The van der Waals surface area contributed by atoms with Crippen LogP contribution in [0.25, 0.3) is 0 Å². The van der Waals surface area contributed by atoms with Crippen LogP contribution in [0.2, 0.25) is 5.02 Å². The lowest BCUT2D eigenvalue weighted by atomic mass is 10.1. The highest BCUT2D eigenvalue weighted by molar-refractivity contribution is 6.31. The second-order valence-corrected chi connectivity index (χ2v) is 5.27. The predicted octanol–water partition coefficient (Wildman–Crippen LogP) is 3.66. The lowest BCUT2D eigenvalue weighted by Gasteiger charge is -2.20. The summed E-state index contributed by atoms with van der Waals surface area (Å²) in [5.41, 5.74) is 0.910. The third-order valence-corrected chi connectivity index (χ3v) is 3.33. The van der Waals surface area contributed by atoms with Gasteiger partial charge in [0.15, 0.2) is 0 Å². The Hall–Kier alpha value is -0.720. The minimum Gasteiger partial charge on any atom is -0.375 e. The van der Waals surface area contributed by atoms with Gasteiger partial charge in [-0.15, -0.1) is 0 Å². The molecule has 0 radical (unpaired) electrons. The second kappa shape index (κ2) is 10.1. The molecule has 0 spiro atoms. The number of hydrogen-bond donors (Lipinski definition) is 1. The van der Waals surface area contributed by atoms with E-state index in [0.29, 0.717) is 11.4 Å². The van der Waals surface area contributed by atoms with Crippen LogP contribution in [0.3, 0.4) is 0 Å². The van der Waals surface area contributed by atoms with Crippen molar-refractivity contribution in [2.75, 3.05) is 19.8 Å². The smallest absolute Gasteiger partial charge is 0.261 e. The molecule has 0 amide bonds. The van der Waals surface area contributed by atoms with Gasteiger partial charge in [-0.25, -0.2) is 8.78 Å². The van der Waals surface area contributed by atoms with Crippen LogP contribution in [0.1, 0.15) is 44.8 Å². The van der Waals surface area contributed by atoms with E-state index < -0.39 is 13.0 Å². The first kappa shape index (κ1) is 18.3. The predicted molar refractivity (Wildman–Crippen MR) is 80.0 cm³/mol. The molecule has 7 heteroatoms. The zero-order valence-electron chi connectivity index (χ0n) is 12.6. The quantitative estimate of drug-likeness (QED) is 0.632. The van der Waals surface area contributed by atoms with E-state index in [1.165, 1.54) is 0 Å². The van der Waals surface area contributed by atoms with Crippen molar-refractivity contribution in [1.29, 1.82) is 0 Å². The molecule has 21 heavy (non-hydrogen) atoms. The Morgan fingerprint density at radius 3 is 2.76 bits per heavy atom. The SMILES string of the molecule is CCCNC(CCOCC(F)F)c1c(Cl)cnn1CCC.